The topological polar surface area (TPSA) is 94.9 Å². The second-order valence-electron chi connectivity index (χ2n) is 4.88. The van der Waals surface area contributed by atoms with Gasteiger partial charge < -0.3 is 29.8 Å². The fourth-order valence-corrected chi connectivity index (χ4v) is 3.12. The van der Waals surface area contributed by atoms with E-state index < -0.39 is 31.2 Å². The fourth-order valence-electron chi connectivity index (χ4n) is 2.36. The van der Waals surface area contributed by atoms with Gasteiger partial charge in [0.05, 0.1) is 32.6 Å². The van der Waals surface area contributed by atoms with Crippen molar-refractivity contribution in [1.82, 2.24) is 4.98 Å². The molecule has 2 aromatic rings. The largest absolute Gasteiger partial charge is 0.460 e. The first-order chi connectivity index (χ1) is 10.4. The van der Waals surface area contributed by atoms with Crippen LogP contribution in [0.25, 0.3) is 10.9 Å². The Hall–Kier alpha value is -0.730. The molecule has 4 N–H and O–H groups in total. The molecule has 22 heavy (non-hydrogen) atoms. The molecule has 0 spiro atoms. The molecule has 1 aromatic heterocycles. The highest BCUT2D eigenvalue weighted by Gasteiger charge is 2.44. The predicted molar refractivity (Wildman–Crippen MR) is 81.7 cm³/mol. The third kappa shape index (κ3) is 2.55. The van der Waals surface area contributed by atoms with Crippen molar-refractivity contribution in [2.24, 2.45) is 0 Å². The molecular weight excluding hydrogens is 357 g/mol. The minimum atomic E-state index is -1.30. The van der Waals surface area contributed by atoms with Gasteiger partial charge in [0.1, 0.15) is 24.1 Å². The minimum absolute atomic E-state index is 0.286. The van der Waals surface area contributed by atoms with E-state index in [0.29, 0.717) is 20.9 Å². The van der Waals surface area contributed by atoms with Crippen molar-refractivity contribution in [1.29, 1.82) is 0 Å². The van der Waals surface area contributed by atoms with Gasteiger partial charge in [0.25, 0.3) is 0 Å². The molecule has 9 heteroatoms. The third-order valence-electron chi connectivity index (χ3n) is 3.51. The Morgan fingerprint density at radius 1 is 1.18 bits per heavy atom. The normalized spacial score (nSPS) is 28.5. The van der Waals surface area contributed by atoms with Gasteiger partial charge >= 0.3 is 0 Å². The molecule has 4 atom stereocenters. The quantitative estimate of drug-likeness (QED) is 0.621. The standard InChI is InChI=1S/C13H12Cl3NO5/c14-4-1-5(15)9(16)10-8(4)6(2-17-10)21-13-12(20)11(19)7(3-18)22-13/h1-2,7,11-13,17-20H,3H2/t7-,11-,12?,13-/m1/s1. The van der Waals surface area contributed by atoms with Crippen LogP contribution in [-0.2, 0) is 4.74 Å². The zero-order valence-electron chi connectivity index (χ0n) is 11.0. The molecule has 1 fully saturated rings. The van der Waals surface area contributed by atoms with Gasteiger partial charge in [0.15, 0.2) is 0 Å². The average Bonchev–Trinajstić information content (AvgIpc) is 3.02. The summed E-state index contributed by atoms with van der Waals surface area (Å²) in [4.78, 5) is 2.89. The van der Waals surface area contributed by atoms with Gasteiger partial charge in [-0.3, -0.25) is 0 Å². The second-order valence-corrected chi connectivity index (χ2v) is 6.07. The predicted octanol–water partition coefficient (Wildman–Crippen LogP) is 1.95. The van der Waals surface area contributed by atoms with Crippen LogP contribution in [0.4, 0.5) is 0 Å². The first-order valence-electron chi connectivity index (χ1n) is 6.37. The number of nitrogens with one attached hydrogen (secondary N) is 1. The van der Waals surface area contributed by atoms with Crippen molar-refractivity contribution in [3.05, 3.63) is 27.3 Å². The Morgan fingerprint density at radius 3 is 2.55 bits per heavy atom. The van der Waals surface area contributed by atoms with E-state index in [1.54, 1.807) is 0 Å². The number of hydrogen-bond donors (Lipinski definition) is 4. The molecule has 3 rings (SSSR count). The monoisotopic (exact) mass is 367 g/mol. The van der Waals surface area contributed by atoms with E-state index in [0.717, 1.165) is 0 Å². The van der Waals surface area contributed by atoms with E-state index >= 15 is 0 Å². The molecule has 1 aromatic carbocycles. The van der Waals surface area contributed by atoms with E-state index in [9.17, 15) is 10.2 Å². The van der Waals surface area contributed by atoms with Gasteiger partial charge in [-0.25, -0.2) is 0 Å². The number of H-pyrrole nitrogens is 1. The minimum Gasteiger partial charge on any atom is -0.460 e. The number of fused-ring (bicyclic) bond motifs is 1. The Labute approximate surface area is 140 Å². The lowest BCUT2D eigenvalue weighted by Gasteiger charge is -2.16. The lowest BCUT2D eigenvalue weighted by Crippen LogP contribution is -2.35. The molecule has 1 aliphatic heterocycles. The molecule has 0 saturated carbocycles. The number of rotatable bonds is 3. The van der Waals surface area contributed by atoms with E-state index in [2.05, 4.69) is 4.98 Å². The third-order valence-corrected chi connectivity index (χ3v) is 4.59. The van der Waals surface area contributed by atoms with E-state index in [4.69, 9.17) is 49.4 Å². The van der Waals surface area contributed by atoms with Crippen LogP contribution in [0.1, 0.15) is 0 Å². The average molecular weight is 369 g/mol. The zero-order valence-corrected chi connectivity index (χ0v) is 13.2. The number of aromatic nitrogens is 1. The molecular formula is C13H12Cl3NO5. The van der Waals surface area contributed by atoms with Gasteiger partial charge in [0.2, 0.25) is 6.29 Å². The number of aliphatic hydroxyl groups is 3. The van der Waals surface area contributed by atoms with Crippen LogP contribution < -0.4 is 4.74 Å². The summed E-state index contributed by atoms with van der Waals surface area (Å²) in [5.41, 5.74) is 0.487. The highest BCUT2D eigenvalue weighted by Crippen LogP contribution is 2.41. The summed E-state index contributed by atoms with van der Waals surface area (Å²) in [6.07, 6.45) is -3.11. The molecule has 120 valence electrons. The van der Waals surface area contributed by atoms with Crippen molar-refractivity contribution in [2.45, 2.75) is 24.6 Å². The van der Waals surface area contributed by atoms with Crippen molar-refractivity contribution in [2.75, 3.05) is 6.61 Å². The van der Waals surface area contributed by atoms with Crippen LogP contribution in [-0.4, -0.2) is 51.5 Å². The number of aliphatic hydroxyl groups excluding tert-OH is 3. The fraction of sp³-hybridized carbons (Fsp3) is 0.385. The van der Waals surface area contributed by atoms with Gasteiger partial charge in [-0.05, 0) is 6.07 Å². The summed E-state index contributed by atoms with van der Waals surface area (Å²) in [5.74, 6) is 0.286. The van der Waals surface area contributed by atoms with E-state index in [1.807, 2.05) is 0 Å². The molecule has 0 amide bonds. The van der Waals surface area contributed by atoms with Crippen LogP contribution >= 0.6 is 34.8 Å². The van der Waals surface area contributed by atoms with Gasteiger partial charge in [-0.15, -0.1) is 0 Å². The second kappa shape index (κ2) is 6.05. The van der Waals surface area contributed by atoms with Crippen LogP contribution in [0.3, 0.4) is 0 Å². The summed E-state index contributed by atoms with van der Waals surface area (Å²) in [7, 11) is 0. The highest BCUT2D eigenvalue weighted by atomic mass is 35.5. The smallest absolute Gasteiger partial charge is 0.229 e. The summed E-state index contributed by atoms with van der Waals surface area (Å²) >= 11 is 18.2. The number of ether oxygens (including phenoxy) is 2. The molecule has 2 heterocycles. The van der Waals surface area contributed by atoms with Crippen molar-refractivity contribution >= 4 is 45.7 Å². The number of hydrogen-bond acceptors (Lipinski definition) is 5. The van der Waals surface area contributed by atoms with E-state index in [1.165, 1.54) is 12.3 Å². The number of aromatic amines is 1. The Bertz CT molecular complexity index is 707. The number of benzene rings is 1. The first kappa shape index (κ1) is 16.1. The molecule has 0 radical (unpaired) electrons. The van der Waals surface area contributed by atoms with Crippen molar-refractivity contribution < 1.29 is 24.8 Å². The van der Waals surface area contributed by atoms with Crippen LogP contribution in [0.2, 0.25) is 15.1 Å². The van der Waals surface area contributed by atoms with Crippen LogP contribution in [0, 0.1) is 0 Å². The Balaban J connectivity index is 1.94. The lowest BCUT2D eigenvalue weighted by atomic mass is 10.1. The molecule has 0 aliphatic carbocycles. The lowest BCUT2D eigenvalue weighted by molar-refractivity contribution is -0.115. The van der Waals surface area contributed by atoms with Crippen molar-refractivity contribution in [3.8, 4) is 5.75 Å². The number of halogens is 3. The molecule has 1 aliphatic rings. The Morgan fingerprint density at radius 2 is 1.91 bits per heavy atom. The summed E-state index contributed by atoms with van der Waals surface area (Å²) in [6, 6.07) is 1.48. The van der Waals surface area contributed by atoms with Gasteiger partial charge in [0, 0.05) is 6.20 Å². The summed E-state index contributed by atoms with van der Waals surface area (Å²) < 4.78 is 10.8. The van der Waals surface area contributed by atoms with Crippen molar-refractivity contribution in [3.63, 3.8) is 0 Å². The highest BCUT2D eigenvalue weighted by molar-refractivity contribution is 6.47. The summed E-state index contributed by atoms with van der Waals surface area (Å²) in [5, 5.41) is 30.1. The van der Waals surface area contributed by atoms with Gasteiger partial charge in [-0.2, -0.15) is 0 Å². The molecule has 1 unspecified atom stereocenters. The van der Waals surface area contributed by atoms with Crippen LogP contribution in [0.5, 0.6) is 5.75 Å². The van der Waals surface area contributed by atoms with Gasteiger partial charge in [-0.1, -0.05) is 34.8 Å². The molecule has 0 bridgehead atoms. The molecule has 6 nitrogen and oxygen atoms in total. The van der Waals surface area contributed by atoms with Crippen LogP contribution in [0.15, 0.2) is 12.3 Å². The zero-order chi connectivity index (χ0) is 16.0. The Kier molecular flexibility index (Phi) is 4.44. The SMILES string of the molecule is OC[C@H]1O[C@@H](Oc2c[nH]c3c(Cl)c(Cl)cc(Cl)c23)C(O)[C@@H]1O. The maximum absolute atomic E-state index is 9.90. The summed E-state index contributed by atoms with van der Waals surface area (Å²) in [6.45, 7) is -0.436. The maximum atomic E-state index is 9.90. The maximum Gasteiger partial charge on any atom is 0.229 e. The first-order valence-corrected chi connectivity index (χ1v) is 7.51. The van der Waals surface area contributed by atoms with E-state index in [-0.39, 0.29) is 10.8 Å². The molecule has 1 saturated heterocycles.